The van der Waals surface area contributed by atoms with Crippen LogP contribution < -0.4 is 9.47 Å². The molecule has 0 amide bonds. The van der Waals surface area contributed by atoms with Gasteiger partial charge in [-0.25, -0.2) is 4.39 Å². The van der Waals surface area contributed by atoms with Crippen molar-refractivity contribution in [3.8, 4) is 11.5 Å². The Morgan fingerprint density at radius 2 is 2.00 bits per heavy atom. The predicted octanol–water partition coefficient (Wildman–Crippen LogP) is 3.36. The smallest absolute Gasteiger partial charge is 0.163 e. The number of hydrogen-bond acceptors (Lipinski definition) is 4. The molecule has 1 heterocycles. The maximum atomic E-state index is 13.3. The Kier molecular flexibility index (Phi) is 6.26. The normalized spacial score (nSPS) is 21.0. The monoisotopic (exact) mass is 357 g/mol. The molecule has 0 aliphatic carbocycles. The molecule has 4 nitrogen and oxygen atoms in total. The van der Waals surface area contributed by atoms with Crippen LogP contribution in [0, 0.1) is 5.82 Å². The molecule has 3 rings (SSSR count). The van der Waals surface area contributed by atoms with Crippen LogP contribution in [0.1, 0.15) is 12.0 Å². The first-order valence-electron chi connectivity index (χ1n) is 8.78. The average molecular weight is 357 g/mol. The lowest BCUT2D eigenvalue weighted by Crippen LogP contribution is -2.49. The SMILES string of the molecule is COc1cc(F)ccc1O[C@@H]1CCN(C/C=C/c2ccccc2)C[C@H]1O. The minimum Gasteiger partial charge on any atom is -0.493 e. The van der Waals surface area contributed by atoms with Crippen molar-refractivity contribution in [1.29, 1.82) is 0 Å². The highest BCUT2D eigenvalue weighted by Gasteiger charge is 2.29. The van der Waals surface area contributed by atoms with Crippen LogP contribution in [0.3, 0.4) is 0 Å². The van der Waals surface area contributed by atoms with Gasteiger partial charge in [-0.2, -0.15) is 0 Å². The molecule has 1 fully saturated rings. The van der Waals surface area contributed by atoms with Crippen molar-refractivity contribution in [2.45, 2.75) is 18.6 Å². The third kappa shape index (κ3) is 4.84. The molecule has 2 atom stereocenters. The van der Waals surface area contributed by atoms with Crippen LogP contribution in [0.2, 0.25) is 0 Å². The van der Waals surface area contributed by atoms with Gasteiger partial charge in [0.05, 0.1) is 7.11 Å². The molecule has 0 bridgehead atoms. The molecule has 2 aromatic carbocycles. The Balaban J connectivity index is 1.53. The second kappa shape index (κ2) is 8.83. The summed E-state index contributed by atoms with van der Waals surface area (Å²) in [5.74, 6) is 0.413. The number of aliphatic hydroxyl groups excluding tert-OH is 1. The van der Waals surface area contributed by atoms with Gasteiger partial charge in [0.15, 0.2) is 11.5 Å². The van der Waals surface area contributed by atoms with Crippen molar-refractivity contribution >= 4 is 6.08 Å². The van der Waals surface area contributed by atoms with Crippen LogP contribution in [0.5, 0.6) is 11.5 Å². The molecule has 1 N–H and O–H groups in total. The van der Waals surface area contributed by atoms with E-state index < -0.39 is 6.10 Å². The Labute approximate surface area is 153 Å². The lowest BCUT2D eigenvalue weighted by atomic mass is 10.0. The summed E-state index contributed by atoms with van der Waals surface area (Å²) in [7, 11) is 1.47. The predicted molar refractivity (Wildman–Crippen MR) is 99.9 cm³/mol. The number of ether oxygens (including phenoxy) is 2. The molecule has 26 heavy (non-hydrogen) atoms. The van der Waals surface area contributed by atoms with E-state index in [1.807, 2.05) is 18.2 Å². The van der Waals surface area contributed by atoms with E-state index in [2.05, 4.69) is 29.2 Å². The minimum absolute atomic E-state index is 0.330. The number of halogens is 1. The van der Waals surface area contributed by atoms with Gasteiger partial charge in [-0.05, 0) is 24.1 Å². The number of rotatable bonds is 6. The zero-order valence-electron chi connectivity index (χ0n) is 14.8. The Morgan fingerprint density at radius 3 is 2.73 bits per heavy atom. The molecular formula is C21H24FNO3. The molecule has 1 aliphatic rings. The van der Waals surface area contributed by atoms with Gasteiger partial charge in [-0.1, -0.05) is 42.5 Å². The topological polar surface area (TPSA) is 41.9 Å². The second-order valence-corrected chi connectivity index (χ2v) is 6.38. The van der Waals surface area contributed by atoms with E-state index in [1.54, 1.807) is 0 Å². The van der Waals surface area contributed by atoms with Crippen molar-refractivity contribution in [2.75, 3.05) is 26.7 Å². The molecule has 0 radical (unpaired) electrons. The van der Waals surface area contributed by atoms with Crippen LogP contribution in [-0.2, 0) is 0 Å². The van der Waals surface area contributed by atoms with E-state index in [0.29, 0.717) is 24.5 Å². The van der Waals surface area contributed by atoms with Gasteiger partial charge < -0.3 is 14.6 Å². The number of methoxy groups -OCH3 is 1. The summed E-state index contributed by atoms with van der Waals surface area (Å²) in [5.41, 5.74) is 1.16. The Bertz CT molecular complexity index is 735. The van der Waals surface area contributed by atoms with Crippen LogP contribution in [0.4, 0.5) is 4.39 Å². The number of piperidine rings is 1. The summed E-state index contributed by atoms with van der Waals surface area (Å²) in [6, 6.07) is 14.3. The maximum Gasteiger partial charge on any atom is 0.163 e. The maximum absolute atomic E-state index is 13.3. The van der Waals surface area contributed by atoms with Gasteiger partial charge in [0.25, 0.3) is 0 Å². The van der Waals surface area contributed by atoms with Gasteiger partial charge in [0.2, 0.25) is 0 Å². The van der Waals surface area contributed by atoms with Gasteiger partial charge in [-0.3, -0.25) is 4.90 Å². The molecule has 5 heteroatoms. The van der Waals surface area contributed by atoms with Crippen molar-refractivity contribution in [3.63, 3.8) is 0 Å². The van der Waals surface area contributed by atoms with Gasteiger partial charge in [-0.15, -0.1) is 0 Å². The number of hydrogen-bond donors (Lipinski definition) is 1. The first-order chi connectivity index (χ1) is 12.7. The Hall–Kier alpha value is -2.37. The number of β-amino-alcohol motifs (C(OH)–C–C–N with tert-alkyl or cyclic N) is 1. The second-order valence-electron chi connectivity index (χ2n) is 6.38. The molecular weight excluding hydrogens is 333 g/mol. The Morgan fingerprint density at radius 1 is 1.19 bits per heavy atom. The van der Waals surface area contributed by atoms with E-state index in [9.17, 15) is 9.50 Å². The summed E-state index contributed by atoms with van der Waals surface area (Å²) >= 11 is 0. The summed E-state index contributed by atoms with van der Waals surface area (Å²) in [5, 5.41) is 10.4. The summed E-state index contributed by atoms with van der Waals surface area (Å²) in [4.78, 5) is 2.19. The highest BCUT2D eigenvalue weighted by molar-refractivity contribution is 5.48. The third-order valence-corrected chi connectivity index (χ3v) is 4.48. The minimum atomic E-state index is -0.608. The molecule has 0 aromatic heterocycles. The lowest BCUT2D eigenvalue weighted by molar-refractivity contribution is -0.0229. The fourth-order valence-corrected chi connectivity index (χ4v) is 3.08. The molecule has 1 saturated heterocycles. The van der Waals surface area contributed by atoms with E-state index in [4.69, 9.17) is 9.47 Å². The van der Waals surface area contributed by atoms with Crippen LogP contribution >= 0.6 is 0 Å². The van der Waals surface area contributed by atoms with Crippen molar-refractivity contribution in [3.05, 3.63) is 66.0 Å². The zero-order valence-corrected chi connectivity index (χ0v) is 14.8. The van der Waals surface area contributed by atoms with Crippen molar-refractivity contribution in [2.24, 2.45) is 0 Å². The first kappa shape index (κ1) is 18.4. The van der Waals surface area contributed by atoms with E-state index >= 15 is 0 Å². The van der Waals surface area contributed by atoms with E-state index in [-0.39, 0.29) is 11.9 Å². The largest absolute Gasteiger partial charge is 0.493 e. The molecule has 0 spiro atoms. The summed E-state index contributed by atoms with van der Waals surface area (Å²) in [6.45, 7) is 2.14. The molecule has 2 aromatic rings. The van der Waals surface area contributed by atoms with E-state index in [0.717, 1.165) is 18.7 Å². The highest BCUT2D eigenvalue weighted by atomic mass is 19.1. The summed E-state index contributed by atoms with van der Waals surface area (Å²) in [6.07, 6.45) is 3.94. The van der Waals surface area contributed by atoms with Gasteiger partial charge >= 0.3 is 0 Å². The number of benzene rings is 2. The third-order valence-electron chi connectivity index (χ3n) is 4.48. The average Bonchev–Trinajstić information content (AvgIpc) is 2.66. The fraction of sp³-hybridized carbons (Fsp3) is 0.333. The lowest BCUT2D eigenvalue weighted by Gasteiger charge is -2.35. The number of likely N-dealkylation sites (tertiary alicyclic amines) is 1. The quantitative estimate of drug-likeness (QED) is 0.861. The molecule has 1 aliphatic heterocycles. The van der Waals surface area contributed by atoms with Crippen LogP contribution in [-0.4, -0.2) is 49.0 Å². The van der Waals surface area contributed by atoms with Gasteiger partial charge in [0, 0.05) is 25.7 Å². The van der Waals surface area contributed by atoms with Gasteiger partial charge in [0.1, 0.15) is 18.0 Å². The molecule has 138 valence electrons. The van der Waals surface area contributed by atoms with E-state index in [1.165, 1.54) is 25.3 Å². The van der Waals surface area contributed by atoms with Crippen LogP contribution in [0.15, 0.2) is 54.6 Å². The molecule has 0 unspecified atom stereocenters. The van der Waals surface area contributed by atoms with Crippen molar-refractivity contribution in [1.82, 2.24) is 4.90 Å². The highest BCUT2D eigenvalue weighted by Crippen LogP contribution is 2.30. The number of aliphatic hydroxyl groups is 1. The standard InChI is InChI=1S/C21H24FNO3/c1-25-21-14-17(22)9-10-20(21)26-19-11-13-23(15-18(19)24)12-5-8-16-6-3-2-4-7-16/h2-10,14,18-19,24H,11-13,15H2,1H3/b8-5+/t18-,19-/m1/s1. The van der Waals surface area contributed by atoms with Crippen LogP contribution in [0.25, 0.3) is 6.08 Å². The summed E-state index contributed by atoms with van der Waals surface area (Å²) < 4.78 is 24.3. The van der Waals surface area contributed by atoms with Crippen molar-refractivity contribution < 1.29 is 19.0 Å². The molecule has 0 saturated carbocycles. The first-order valence-corrected chi connectivity index (χ1v) is 8.78. The zero-order chi connectivity index (χ0) is 18.4. The fourth-order valence-electron chi connectivity index (χ4n) is 3.08. The number of nitrogens with zero attached hydrogens (tertiary/aromatic N) is 1.